The third-order valence-corrected chi connectivity index (χ3v) is 5.33. The maximum absolute atomic E-state index is 10.7. The molecule has 0 saturated heterocycles. The van der Waals surface area contributed by atoms with E-state index in [9.17, 15) is 25.2 Å². The molecule has 0 N–H and O–H groups in total. The van der Waals surface area contributed by atoms with Crippen molar-refractivity contribution < 1.29 is 25.2 Å². The van der Waals surface area contributed by atoms with Gasteiger partial charge in [0.05, 0.1) is 5.52 Å². The van der Waals surface area contributed by atoms with E-state index in [-0.39, 0.29) is 0 Å². The van der Waals surface area contributed by atoms with Gasteiger partial charge < -0.3 is 0 Å². The summed E-state index contributed by atoms with van der Waals surface area (Å²) in [6.45, 7) is 0.741. The van der Waals surface area contributed by atoms with E-state index < -0.39 is 16.2 Å². The Morgan fingerprint density at radius 2 is 1.38 bits per heavy atom. The van der Waals surface area contributed by atoms with E-state index in [1.165, 1.54) is 0 Å². The summed E-state index contributed by atoms with van der Waals surface area (Å²) in [5.41, 5.74) is 2.02. The van der Waals surface area contributed by atoms with Crippen molar-refractivity contribution in [3.05, 3.63) is 24.3 Å². The number of halogens is 6. The quantitative estimate of drug-likeness (QED) is 0.508. The van der Waals surface area contributed by atoms with E-state index in [0.29, 0.717) is 0 Å². The molecule has 0 amide bonds. The molecule has 0 spiro atoms. The van der Waals surface area contributed by atoms with Gasteiger partial charge in [-0.25, -0.2) is 4.68 Å². The number of hydrogen-bond donors (Lipinski definition) is 0. The Balaban J connectivity index is 0.000000412. The number of para-hydroxylation sites is 1. The second kappa shape index (κ2) is 7.16. The van der Waals surface area contributed by atoms with Crippen molar-refractivity contribution in [2.75, 3.05) is 35.2 Å². The van der Waals surface area contributed by atoms with Gasteiger partial charge in [0.1, 0.15) is 12.2 Å². The molecule has 0 aliphatic rings. The predicted molar refractivity (Wildman–Crippen MR) is 94.5 cm³/mol. The number of fused-ring (bicyclic) bond motifs is 1. The molecule has 1 aromatic heterocycles. The molecule has 6 nitrogen and oxygen atoms in total. The van der Waals surface area contributed by atoms with Crippen LogP contribution in [-0.4, -0.2) is 64.2 Å². The molecule has 14 heteroatoms. The third kappa shape index (κ3) is 9.05. The normalized spacial score (nSPS) is 15.3. The average molecular weight is 426 g/mol. The van der Waals surface area contributed by atoms with Gasteiger partial charge in [0.25, 0.3) is 0 Å². The summed E-state index contributed by atoms with van der Waals surface area (Å²) in [7, 11) is -0.955. The van der Waals surface area contributed by atoms with Gasteiger partial charge in [-0.3, -0.25) is 0 Å². The fourth-order valence-electron chi connectivity index (χ4n) is 2.37. The summed E-state index contributed by atoms with van der Waals surface area (Å²) in [5.74, 6) is 0. The number of rotatable bonds is 5. The first-order valence-corrected chi connectivity index (χ1v) is 10.6. The monoisotopic (exact) mass is 426 g/mol. The fourth-order valence-corrected chi connectivity index (χ4v) is 4.79. The van der Waals surface area contributed by atoms with Crippen LogP contribution >= 0.6 is 16.2 Å². The summed E-state index contributed by atoms with van der Waals surface area (Å²) in [4.78, 5) is 0. The molecule has 0 unspecified atom stereocenters. The van der Waals surface area contributed by atoms with Gasteiger partial charge in [-0.05, 0) is 12.1 Å². The molecule has 0 aliphatic heterocycles. The van der Waals surface area contributed by atoms with E-state index in [1.807, 2.05) is 22.9 Å². The van der Waals surface area contributed by atoms with Crippen LogP contribution in [0.15, 0.2) is 24.3 Å². The first-order chi connectivity index (χ1) is 11.5. The predicted octanol–water partition coefficient (Wildman–Crippen LogP) is 4.79. The van der Waals surface area contributed by atoms with Crippen molar-refractivity contribution in [3.8, 4) is 0 Å². The Morgan fingerprint density at radius 3 is 1.85 bits per heavy atom. The first kappa shape index (κ1) is 23.0. The van der Waals surface area contributed by atoms with Crippen molar-refractivity contribution in [2.45, 2.75) is 6.67 Å². The van der Waals surface area contributed by atoms with Crippen molar-refractivity contribution in [2.24, 2.45) is 0 Å². The van der Waals surface area contributed by atoms with Crippen LogP contribution in [0.4, 0.5) is 25.2 Å². The van der Waals surface area contributed by atoms with Crippen LogP contribution in [0, 0.1) is 0 Å². The van der Waals surface area contributed by atoms with Gasteiger partial charge in [0, 0.05) is 35.2 Å². The standard InChI is InChI=1S/C12H21N6P.F6P/c1-15(2)19(16(3)4)17(5)10-18-12-9-7-6-8-11(12)13-14-18;1-7(2,3,4,5)6/h6-9H,10H2,1-5H3;/q;-1/p+1. The Labute approximate surface area is 148 Å². The van der Waals surface area contributed by atoms with Crippen molar-refractivity contribution in [1.29, 1.82) is 0 Å². The molecule has 0 atom stereocenters. The Bertz CT molecular complexity index is 713. The number of benzene rings is 1. The molecule has 2 rings (SSSR count). The molecule has 0 fully saturated rings. The van der Waals surface area contributed by atoms with Crippen molar-refractivity contribution in [1.82, 2.24) is 29.0 Å². The molecule has 152 valence electrons. The average Bonchev–Trinajstić information content (AvgIpc) is 2.77. The molecule has 2 aromatic rings. The zero-order chi connectivity index (χ0) is 20.4. The van der Waals surface area contributed by atoms with Gasteiger partial charge >= 0.3 is 33.0 Å². The third-order valence-electron chi connectivity index (χ3n) is 2.91. The van der Waals surface area contributed by atoms with Gasteiger partial charge in [-0.2, -0.15) is 9.34 Å². The molecule has 0 saturated carbocycles. The van der Waals surface area contributed by atoms with Crippen LogP contribution in [0.3, 0.4) is 0 Å². The van der Waals surface area contributed by atoms with Crippen LogP contribution in [-0.2, 0) is 6.67 Å². The molecular formula is C12H22F6N6P2. The second-order valence-electron chi connectivity index (χ2n) is 5.96. The zero-order valence-corrected chi connectivity index (χ0v) is 16.8. The molecule has 0 bridgehead atoms. The Morgan fingerprint density at radius 1 is 0.923 bits per heavy atom. The van der Waals surface area contributed by atoms with Gasteiger partial charge in [-0.15, -0.1) is 9.77 Å². The van der Waals surface area contributed by atoms with E-state index in [1.54, 1.807) is 0 Å². The minimum absolute atomic E-state index is 0.741. The van der Waals surface area contributed by atoms with Gasteiger partial charge in [0.15, 0.2) is 0 Å². The number of aromatic nitrogens is 3. The summed E-state index contributed by atoms with van der Waals surface area (Å²) < 4.78 is 68.0. The van der Waals surface area contributed by atoms with E-state index in [0.717, 1.165) is 17.7 Å². The Hall–Kier alpha value is -1.06. The maximum atomic E-state index is 9.87. The van der Waals surface area contributed by atoms with Crippen LogP contribution < -0.4 is 0 Å². The first-order valence-electron chi connectivity index (χ1n) is 7.23. The molecule has 1 aromatic carbocycles. The molecule has 26 heavy (non-hydrogen) atoms. The van der Waals surface area contributed by atoms with Crippen molar-refractivity contribution >= 4 is 27.2 Å². The molecule has 0 radical (unpaired) electrons. The second-order valence-corrected chi connectivity index (χ2v) is 11.0. The van der Waals surface area contributed by atoms with Crippen LogP contribution in [0.25, 0.3) is 11.0 Å². The molecule has 0 aliphatic carbocycles. The summed E-state index contributed by atoms with van der Waals surface area (Å²) in [6, 6.07) is 8.05. The fraction of sp³-hybridized carbons (Fsp3) is 0.500. The summed E-state index contributed by atoms with van der Waals surface area (Å²) >= 11 is 0. The van der Waals surface area contributed by atoms with Crippen LogP contribution in [0.1, 0.15) is 0 Å². The van der Waals surface area contributed by atoms with Gasteiger partial charge in [0.2, 0.25) is 8.37 Å². The molecule has 1 heterocycles. The van der Waals surface area contributed by atoms with Crippen molar-refractivity contribution in [3.63, 3.8) is 0 Å². The number of hydrogen-bond acceptors (Lipinski definition) is 5. The number of nitrogens with zero attached hydrogens (tertiary/aromatic N) is 6. The van der Waals surface area contributed by atoms with Gasteiger partial charge in [-0.1, -0.05) is 17.3 Å². The van der Waals surface area contributed by atoms with E-state index >= 15 is 0 Å². The summed E-state index contributed by atoms with van der Waals surface area (Å²) in [5, 5.41) is 8.43. The summed E-state index contributed by atoms with van der Waals surface area (Å²) in [6.07, 6.45) is 0. The molecular weight excluding hydrogens is 404 g/mol. The van der Waals surface area contributed by atoms with Crippen LogP contribution in [0.5, 0.6) is 0 Å². The van der Waals surface area contributed by atoms with E-state index in [4.69, 9.17) is 0 Å². The van der Waals surface area contributed by atoms with Crippen LogP contribution in [0.2, 0.25) is 0 Å². The minimum atomic E-state index is -10.7. The zero-order valence-electron chi connectivity index (χ0n) is 14.9. The SMILES string of the molecule is CN(C)[PH+](N(C)C)N(C)Cn1nnc2ccccc21.F[P-](F)(F)(F)(F)F. The van der Waals surface area contributed by atoms with E-state index in [2.05, 4.69) is 65.6 Å². The topological polar surface area (TPSA) is 40.4 Å². The Kier molecular flexibility index (Phi) is 6.33.